The molecule has 5 nitrogen and oxygen atoms in total. The first kappa shape index (κ1) is 14.1. The Morgan fingerprint density at radius 2 is 2.16 bits per heavy atom. The molecule has 0 amide bonds. The molecule has 19 heavy (non-hydrogen) atoms. The van der Waals surface area contributed by atoms with Crippen LogP contribution in [0.3, 0.4) is 0 Å². The van der Waals surface area contributed by atoms with Crippen molar-refractivity contribution in [2.24, 2.45) is 5.92 Å². The summed E-state index contributed by atoms with van der Waals surface area (Å²) in [6.07, 6.45) is 6.39. The van der Waals surface area contributed by atoms with Crippen LogP contribution in [-0.4, -0.2) is 36.3 Å². The standard InChI is InChI=1S/C14H24N4O/c1-2-3-7-15-14-16-8-4-13(18-14)17-11-12-5-9-19-10-6-12/h4,8,12H,2-3,5-7,9-11H2,1H3,(H2,15,16,17,18). The lowest BCUT2D eigenvalue weighted by Gasteiger charge is -2.22. The molecule has 106 valence electrons. The minimum atomic E-state index is 0.695. The molecule has 1 aliphatic heterocycles. The van der Waals surface area contributed by atoms with Gasteiger partial charge in [-0.2, -0.15) is 4.98 Å². The SMILES string of the molecule is CCCCNc1nccc(NCC2CCOCC2)n1. The van der Waals surface area contributed by atoms with Crippen molar-refractivity contribution in [3.05, 3.63) is 12.3 Å². The van der Waals surface area contributed by atoms with Crippen molar-refractivity contribution in [3.63, 3.8) is 0 Å². The molecule has 1 aliphatic rings. The molecule has 0 saturated carbocycles. The van der Waals surface area contributed by atoms with Crippen LogP contribution >= 0.6 is 0 Å². The van der Waals surface area contributed by atoms with Gasteiger partial charge in [0, 0.05) is 32.5 Å². The van der Waals surface area contributed by atoms with Crippen molar-refractivity contribution in [3.8, 4) is 0 Å². The summed E-state index contributed by atoms with van der Waals surface area (Å²) >= 11 is 0. The Morgan fingerprint density at radius 3 is 2.95 bits per heavy atom. The smallest absolute Gasteiger partial charge is 0.224 e. The van der Waals surface area contributed by atoms with Crippen LogP contribution in [0, 0.1) is 5.92 Å². The second-order valence-corrected chi connectivity index (χ2v) is 4.98. The van der Waals surface area contributed by atoms with E-state index in [2.05, 4.69) is 27.5 Å². The van der Waals surface area contributed by atoms with Gasteiger partial charge >= 0.3 is 0 Å². The molecule has 0 aromatic carbocycles. The van der Waals surface area contributed by atoms with Gasteiger partial charge in [0.1, 0.15) is 5.82 Å². The van der Waals surface area contributed by atoms with Gasteiger partial charge in [0.05, 0.1) is 0 Å². The van der Waals surface area contributed by atoms with Crippen LogP contribution in [0.5, 0.6) is 0 Å². The fourth-order valence-corrected chi connectivity index (χ4v) is 2.12. The van der Waals surface area contributed by atoms with Crippen LogP contribution in [-0.2, 0) is 4.74 Å². The number of aromatic nitrogens is 2. The summed E-state index contributed by atoms with van der Waals surface area (Å²) in [5.74, 6) is 2.31. The van der Waals surface area contributed by atoms with Gasteiger partial charge in [0.25, 0.3) is 0 Å². The highest BCUT2D eigenvalue weighted by Gasteiger charge is 2.13. The number of anilines is 2. The lowest BCUT2D eigenvalue weighted by Crippen LogP contribution is -2.23. The van der Waals surface area contributed by atoms with E-state index < -0.39 is 0 Å². The number of rotatable bonds is 7. The molecule has 0 unspecified atom stereocenters. The van der Waals surface area contributed by atoms with Gasteiger partial charge in [-0.1, -0.05) is 13.3 Å². The Hall–Kier alpha value is -1.36. The van der Waals surface area contributed by atoms with E-state index in [1.54, 1.807) is 6.20 Å². The summed E-state index contributed by atoms with van der Waals surface area (Å²) in [7, 11) is 0. The zero-order chi connectivity index (χ0) is 13.3. The molecule has 1 fully saturated rings. The second kappa shape index (κ2) is 7.94. The van der Waals surface area contributed by atoms with Crippen molar-refractivity contribution in [1.82, 2.24) is 9.97 Å². The first-order valence-corrected chi connectivity index (χ1v) is 7.27. The van der Waals surface area contributed by atoms with Crippen molar-refractivity contribution in [2.45, 2.75) is 32.6 Å². The topological polar surface area (TPSA) is 59.1 Å². The second-order valence-electron chi connectivity index (χ2n) is 4.98. The summed E-state index contributed by atoms with van der Waals surface area (Å²) in [4.78, 5) is 8.69. The maximum absolute atomic E-state index is 5.36. The Balaban J connectivity index is 1.77. The highest BCUT2D eigenvalue weighted by molar-refractivity contribution is 5.39. The quantitative estimate of drug-likeness (QED) is 0.741. The van der Waals surface area contributed by atoms with Gasteiger partial charge in [-0.3, -0.25) is 0 Å². The molecule has 2 heterocycles. The van der Waals surface area contributed by atoms with E-state index in [1.807, 2.05) is 6.07 Å². The van der Waals surface area contributed by atoms with Crippen molar-refractivity contribution in [1.29, 1.82) is 0 Å². The number of hydrogen-bond donors (Lipinski definition) is 2. The van der Waals surface area contributed by atoms with E-state index in [4.69, 9.17) is 4.74 Å². The van der Waals surface area contributed by atoms with Gasteiger partial charge in [-0.25, -0.2) is 4.98 Å². The minimum absolute atomic E-state index is 0.695. The first-order valence-electron chi connectivity index (χ1n) is 7.27. The third kappa shape index (κ3) is 5.03. The zero-order valence-corrected chi connectivity index (χ0v) is 11.7. The van der Waals surface area contributed by atoms with Gasteiger partial charge < -0.3 is 15.4 Å². The van der Waals surface area contributed by atoms with Crippen molar-refractivity contribution < 1.29 is 4.74 Å². The average Bonchev–Trinajstić information content (AvgIpc) is 2.47. The molecule has 0 radical (unpaired) electrons. The fraction of sp³-hybridized carbons (Fsp3) is 0.714. The van der Waals surface area contributed by atoms with E-state index in [-0.39, 0.29) is 0 Å². The molecule has 0 aliphatic carbocycles. The van der Waals surface area contributed by atoms with Crippen LogP contribution in [0.25, 0.3) is 0 Å². The van der Waals surface area contributed by atoms with E-state index in [9.17, 15) is 0 Å². The van der Waals surface area contributed by atoms with Crippen molar-refractivity contribution in [2.75, 3.05) is 36.9 Å². The predicted octanol–water partition coefficient (Wildman–Crippen LogP) is 2.53. The van der Waals surface area contributed by atoms with Crippen LogP contribution in [0.1, 0.15) is 32.6 Å². The number of nitrogens with zero attached hydrogens (tertiary/aromatic N) is 2. The Morgan fingerprint density at radius 1 is 1.32 bits per heavy atom. The number of hydrogen-bond acceptors (Lipinski definition) is 5. The average molecular weight is 264 g/mol. The molecule has 1 saturated heterocycles. The summed E-state index contributed by atoms with van der Waals surface area (Å²) < 4.78 is 5.36. The molecule has 0 bridgehead atoms. The monoisotopic (exact) mass is 264 g/mol. The molecule has 2 rings (SSSR count). The van der Waals surface area contributed by atoms with Gasteiger partial charge in [0.15, 0.2) is 0 Å². The molecular formula is C14H24N4O. The van der Waals surface area contributed by atoms with E-state index in [1.165, 1.54) is 6.42 Å². The highest BCUT2D eigenvalue weighted by Crippen LogP contribution is 2.15. The van der Waals surface area contributed by atoms with E-state index in [0.717, 1.165) is 51.4 Å². The predicted molar refractivity (Wildman–Crippen MR) is 77.5 cm³/mol. The largest absolute Gasteiger partial charge is 0.381 e. The molecule has 1 aromatic heterocycles. The third-order valence-electron chi connectivity index (χ3n) is 3.38. The Kier molecular flexibility index (Phi) is 5.88. The molecular weight excluding hydrogens is 240 g/mol. The normalized spacial score (nSPS) is 16.3. The number of ether oxygens (including phenoxy) is 1. The molecule has 0 spiro atoms. The molecule has 1 aromatic rings. The highest BCUT2D eigenvalue weighted by atomic mass is 16.5. The van der Waals surface area contributed by atoms with Gasteiger partial charge in [-0.15, -0.1) is 0 Å². The zero-order valence-electron chi connectivity index (χ0n) is 11.7. The molecule has 0 atom stereocenters. The first-order chi connectivity index (χ1) is 9.38. The summed E-state index contributed by atoms with van der Waals surface area (Å²) in [5.41, 5.74) is 0. The Labute approximate surface area is 115 Å². The van der Waals surface area contributed by atoms with E-state index in [0.29, 0.717) is 11.9 Å². The van der Waals surface area contributed by atoms with Gasteiger partial charge in [-0.05, 0) is 31.2 Å². The maximum Gasteiger partial charge on any atom is 0.224 e. The van der Waals surface area contributed by atoms with E-state index >= 15 is 0 Å². The van der Waals surface area contributed by atoms with Crippen LogP contribution in [0.15, 0.2) is 12.3 Å². The van der Waals surface area contributed by atoms with Gasteiger partial charge in [0.2, 0.25) is 5.95 Å². The third-order valence-corrected chi connectivity index (χ3v) is 3.38. The molecule has 2 N–H and O–H groups in total. The summed E-state index contributed by atoms with van der Waals surface area (Å²) in [5, 5.41) is 6.64. The molecule has 5 heteroatoms. The van der Waals surface area contributed by atoms with Crippen LogP contribution in [0.4, 0.5) is 11.8 Å². The van der Waals surface area contributed by atoms with Crippen molar-refractivity contribution >= 4 is 11.8 Å². The minimum Gasteiger partial charge on any atom is -0.381 e. The lowest BCUT2D eigenvalue weighted by atomic mass is 10.0. The Bertz CT molecular complexity index is 366. The van der Waals surface area contributed by atoms with Crippen LogP contribution < -0.4 is 10.6 Å². The number of unbranched alkanes of at least 4 members (excludes halogenated alkanes) is 1. The van der Waals surface area contributed by atoms with Crippen LogP contribution in [0.2, 0.25) is 0 Å². The summed E-state index contributed by atoms with van der Waals surface area (Å²) in [6.45, 7) is 5.85. The summed E-state index contributed by atoms with van der Waals surface area (Å²) in [6, 6.07) is 1.92. The maximum atomic E-state index is 5.36. The fourth-order valence-electron chi connectivity index (χ4n) is 2.12. The lowest BCUT2D eigenvalue weighted by molar-refractivity contribution is 0.0699. The number of nitrogens with one attached hydrogen (secondary N) is 2.